The zero-order valence-electron chi connectivity index (χ0n) is 13.8. The second-order valence-electron chi connectivity index (χ2n) is 5.74. The number of rotatable bonds is 4. The lowest BCUT2D eigenvalue weighted by Gasteiger charge is -2.12. The summed E-state index contributed by atoms with van der Waals surface area (Å²) in [6.07, 6.45) is -4.30. The van der Waals surface area contributed by atoms with Gasteiger partial charge in [0, 0.05) is 5.56 Å². The number of hydrogen-bond donors (Lipinski definition) is 1. The van der Waals surface area contributed by atoms with E-state index in [0.29, 0.717) is 16.4 Å². The molecular formula is C17H13F4N3O2S. The first-order chi connectivity index (χ1) is 12.6. The summed E-state index contributed by atoms with van der Waals surface area (Å²) in [6, 6.07) is 10.7. The van der Waals surface area contributed by atoms with Crippen molar-refractivity contribution >= 4 is 10.0 Å². The normalized spacial score (nSPS) is 12.2. The molecule has 3 aromatic rings. The Kier molecular flexibility index (Phi) is 4.68. The van der Waals surface area contributed by atoms with Gasteiger partial charge in [0.1, 0.15) is 5.82 Å². The average Bonchev–Trinajstić information content (AvgIpc) is 2.98. The number of hydrogen-bond acceptors (Lipinski definition) is 3. The summed E-state index contributed by atoms with van der Waals surface area (Å²) in [6.45, 7) is 1.55. The van der Waals surface area contributed by atoms with Crippen LogP contribution in [0.2, 0.25) is 0 Å². The maximum atomic E-state index is 13.7. The number of nitrogens with zero attached hydrogens (tertiary/aromatic N) is 2. The highest BCUT2D eigenvalue weighted by Gasteiger charge is 2.35. The number of benzene rings is 2. The summed E-state index contributed by atoms with van der Waals surface area (Å²) in [5, 5.41) is 0. The Hall–Kier alpha value is -2.88. The van der Waals surface area contributed by atoms with E-state index < -0.39 is 27.7 Å². The summed E-state index contributed by atoms with van der Waals surface area (Å²) in [4.78, 5) is 5.35. The fourth-order valence-electron chi connectivity index (χ4n) is 2.44. The van der Waals surface area contributed by atoms with E-state index in [1.807, 2.05) is 4.83 Å². The van der Waals surface area contributed by atoms with E-state index in [1.165, 1.54) is 36.4 Å². The van der Waals surface area contributed by atoms with Crippen molar-refractivity contribution in [2.75, 3.05) is 4.83 Å². The third-order valence-corrected chi connectivity index (χ3v) is 4.90. The van der Waals surface area contributed by atoms with E-state index >= 15 is 0 Å². The molecule has 1 heterocycles. The van der Waals surface area contributed by atoms with Crippen LogP contribution in [-0.2, 0) is 16.2 Å². The van der Waals surface area contributed by atoms with Crippen LogP contribution in [0, 0.1) is 12.7 Å². The van der Waals surface area contributed by atoms with Crippen LogP contribution < -0.4 is 4.83 Å². The van der Waals surface area contributed by atoms with Gasteiger partial charge in [-0.1, -0.05) is 18.2 Å². The molecule has 0 saturated heterocycles. The van der Waals surface area contributed by atoms with E-state index in [9.17, 15) is 26.0 Å². The van der Waals surface area contributed by atoms with Gasteiger partial charge in [-0.2, -0.15) is 21.6 Å². The second kappa shape index (κ2) is 6.69. The molecule has 0 bridgehead atoms. The average molecular weight is 399 g/mol. The summed E-state index contributed by atoms with van der Waals surface area (Å²) in [5.41, 5.74) is -0.868. The monoisotopic (exact) mass is 399 g/mol. The lowest BCUT2D eigenvalue weighted by atomic mass is 10.1. The third-order valence-electron chi connectivity index (χ3n) is 3.57. The van der Waals surface area contributed by atoms with Crippen molar-refractivity contribution in [3.05, 3.63) is 71.8 Å². The van der Waals surface area contributed by atoms with Crippen molar-refractivity contribution in [2.24, 2.45) is 0 Å². The quantitative estimate of drug-likeness (QED) is 0.676. The third kappa shape index (κ3) is 4.11. The van der Waals surface area contributed by atoms with Crippen LogP contribution in [0.15, 0.2) is 59.6 Å². The van der Waals surface area contributed by atoms with Gasteiger partial charge >= 0.3 is 6.18 Å². The van der Waals surface area contributed by atoms with E-state index in [-0.39, 0.29) is 16.3 Å². The molecule has 0 saturated carbocycles. The number of sulfonamides is 1. The SMILES string of the molecule is Cc1cc(F)cc(-c2nc(C(F)(F)F)cn2NS(=O)(=O)c2ccccc2)c1. The van der Waals surface area contributed by atoms with Gasteiger partial charge in [-0.25, -0.2) is 18.9 Å². The highest BCUT2D eigenvalue weighted by Crippen LogP contribution is 2.31. The Morgan fingerprint density at radius 1 is 1.07 bits per heavy atom. The van der Waals surface area contributed by atoms with Gasteiger partial charge in [-0.05, 0) is 42.8 Å². The molecule has 1 aromatic heterocycles. The Bertz CT molecular complexity index is 1060. The molecule has 0 radical (unpaired) electrons. The first kappa shape index (κ1) is 18.9. The summed E-state index contributed by atoms with van der Waals surface area (Å²) >= 11 is 0. The Morgan fingerprint density at radius 2 is 1.74 bits per heavy atom. The van der Waals surface area contributed by atoms with Crippen LogP contribution in [0.5, 0.6) is 0 Å². The molecule has 27 heavy (non-hydrogen) atoms. The van der Waals surface area contributed by atoms with Crippen LogP contribution in [0.1, 0.15) is 11.3 Å². The van der Waals surface area contributed by atoms with Crippen LogP contribution in [0.3, 0.4) is 0 Å². The van der Waals surface area contributed by atoms with Gasteiger partial charge in [0.2, 0.25) is 0 Å². The van der Waals surface area contributed by atoms with Gasteiger partial charge in [0.25, 0.3) is 10.0 Å². The Morgan fingerprint density at radius 3 is 2.33 bits per heavy atom. The first-order valence-electron chi connectivity index (χ1n) is 7.58. The zero-order chi connectivity index (χ0) is 19.8. The van der Waals surface area contributed by atoms with Crippen LogP contribution in [-0.4, -0.2) is 18.1 Å². The van der Waals surface area contributed by atoms with E-state index in [2.05, 4.69) is 4.98 Å². The number of nitrogens with one attached hydrogen (secondary N) is 1. The number of aryl methyl sites for hydroxylation is 1. The Labute approximate surface area is 152 Å². The predicted molar refractivity (Wildman–Crippen MR) is 90.3 cm³/mol. The molecule has 142 valence electrons. The van der Waals surface area contributed by atoms with Crippen molar-refractivity contribution in [2.45, 2.75) is 18.0 Å². The topological polar surface area (TPSA) is 64.0 Å². The number of halogens is 4. The van der Waals surface area contributed by atoms with Crippen molar-refractivity contribution in [1.82, 2.24) is 9.66 Å². The summed E-state index contributed by atoms with van der Waals surface area (Å²) < 4.78 is 78.5. The maximum Gasteiger partial charge on any atom is 0.434 e. The molecule has 5 nitrogen and oxygen atoms in total. The maximum absolute atomic E-state index is 13.7. The van der Waals surface area contributed by atoms with E-state index in [1.54, 1.807) is 13.0 Å². The number of alkyl halides is 3. The van der Waals surface area contributed by atoms with Gasteiger partial charge < -0.3 is 0 Å². The van der Waals surface area contributed by atoms with Gasteiger partial charge in [0.15, 0.2) is 11.5 Å². The molecule has 0 fully saturated rings. The fourth-order valence-corrected chi connectivity index (χ4v) is 3.46. The Balaban J connectivity index is 2.13. The molecule has 0 amide bonds. The molecule has 0 aliphatic rings. The van der Waals surface area contributed by atoms with Crippen LogP contribution in [0.25, 0.3) is 11.4 Å². The van der Waals surface area contributed by atoms with Crippen molar-refractivity contribution < 1.29 is 26.0 Å². The molecule has 10 heteroatoms. The molecular weight excluding hydrogens is 386 g/mol. The number of imidazole rings is 1. The largest absolute Gasteiger partial charge is 0.434 e. The molecule has 0 aliphatic heterocycles. The molecule has 0 spiro atoms. The molecule has 1 N–H and O–H groups in total. The van der Waals surface area contributed by atoms with Gasteiger partial charge in [-0.15, -0.1) is 0 Å². The zero-order valence-corrected chi connectivity index (χ0v) is 14.6. The van der Waals surface area contributed by atoms with E-state index in [0.717, 1.165) is 6.07 Å². The summed E-state index contributed by atoms with van der Waals surface area (Å²) in [7, 11) is -4.18. The standard InChI is InChI=1S/C17H13F4N3O2S/c1-11-7-12(9-13(18)8-11)16-22-15(17(19,20)21)10-24(16)23-27(25,26)14-5-3-2-4-6-14/h2-10,23H,1H3. The fraction of sp³-hybridized carbons (Fsp3) is 0.118. The van der Waals surface area contributed by atoms with Gasteiger partial charge in [0.05, 0.1) is 11.1 Å². The highest BCUT2D eigenvalue weighted by atomic mass is 32.2. The lowest BCUT2D eigenvalue weighted by Crippen LogP contribution is -2.23. The predicted octanol–water partition coefficient (Wildman–Crippen LogP) is 3.95. The van der Waals surface area contributed by atoms with Crippen LogP contribution in [0.4, 0.5) is 17.6 Å². The molecule has 0 unspecified atom stereocenters. The number of aromatic nitrogens is 2. The lowest BCUT2D eigenvalue weighted by molar-refractivity contribution is -0.140. The minimum atomic E-state index is -4.81. The van der Waals surface area contributed by atoms with E-state index in [4.69, 9.17) is 0 Å². The highest BCUT2D eigenvalue weighted by molar-refractivity contribution is 7.92. The molecule has 0 atom stereocenters. The van der Waals surface area contributed by atoms with Crippen LogP contribution >= 0.6 is 0 Å². The van der Waals surface area contributed by atoms with Crippen molar-refractivity contribution in [1.29, 1.82) is 0 Å². The minimum absolute atomic E-state index is 0.00115. The molecule has 3 rings (SSSR count). The first-order valence-corrected chi connectivity index (χ1v) is 9.06. The second-order valence-corrected chi connectivity index (χ2v) is 7.40. The van der Waals surface area contributed by atoms with Crippen molar-refractivity contribution in [3.63, 3.8) is 0 Å². The molecule has 0 aliphatic carbocycles. The summed E-state index contributed by atoms with van der Waals surface area (Å²) in [5.74, 6) is -1.07. The van der Waals surface area contributed by atoms with Gasteiger partial charge in [-0.3, -0.25) is 0 Å². The van der Waals surface area contributed by atoms with Crippen molar-refractivity contribution in [3.8, 4) is 11.4 Å². The minimum Gasteiger partial charge on any atom is -0.233 e. The molecule has 2 aromatic carbocycles. The smallest absolute Gasteiger partial charge is 0.233 e.